The first-order chi connectivity index (χ1) is 15.2. The van der Waals surface area contributed by atoms with Gasteiger partial charge >= 0.3 is 0 Å². The second kappa shape index (κ2) is 10.4. The summed E-state index contributed by atoms with van der Waals surface area (Å²) in [4.78, 5) is 28.0. The molecule has 1 fully saturated rings. The lowest BCUT2D eigenvalue weighted by atomic mass is 10.2. The van der Waals surface area contributed by atoms with Crippen molar-refractivity contribution in [2.24, 2.45) is 0 Å². The van der Waals surface area contributed by atoms with E-state index in [1.165, 1.54) is 51.2 Å². The van der Waals surface area contributed by atoms with E-state index in [4.69, 9.17) is 4.74 Å². The Labute approximate surface area is 193 Å². The number of hydrogen-bond donors (Lipinski definition) is 1. The summed E-state index contributed by atoms with van der Waals surface area (Å²) >= 11 is 1.32. The van der Waals surface area contributed by atoms with Gasteiger partial charge in [0, 0.05) is 32.1 Å². The van der Waals surface area contributed by atoms with Crippen LogP contribution in [0.2, 0.25) is 0 Å². The van der Waals surface area contributed by atoms with Gasteiger partial charge in [0.15, 0.2) is 0 Å². The molecular weight excluding hydrogens is 450 g/mol. The first kappa shape index (κ1) is 24.1. The molecule has 0 unspecified atom stereocenters. The molecule has 1 N–H and O–H groups in total. The molecule has 0 aliphatic carbocycles. The van der Waals surface area contributed by atoms with E-state index in [2.05, 4.69) is 5.32 Å². The molecule has 0 spiro atoms. The molecule has 0 radical (unpaired) electrons. The Balaban J connectivity index is 1.81. The number of sulfonamides is 1. The van der Waals surface area contributed by atoms with Crippen LogP contribution >= 0.6 is 11.8 Å². The molecule has 0 atom stereocenters. The number of thioether (sulfide) groups is 1. The first-order valence-electron chi connectivity index (χ1n) is 10.2. The fourth-order valence-electron chi connectivity index (χ4n) is 3.32. The number of methoxy groups -OCH3 is 1. The molecule has 1 heterocycles. The molecule has 172 valence electrons. The van der Waals surface area contributed by atoms with Gasteiger partial charge < -0.3 is 15.0 Å². The number of nitrogens with zero attached hydrogens (tertiary/aromatic N) is 2. The number of amides is 2. The van der Waals surface area contributed by atoms with Crippen LogP contribution < -0.4 is 10.1 Å². The lowest BCUT2D eigenvalue weighted by Crippen LogP contribution is -2.29. The molecule has 2 aromatic carbocycles. The lowest BCUT2D eigenvalue weighted by molar-refractivity contribution is -0.127. The summed E-state index contributed by atoms with van der Waals surface area (Å²) < 4.78 is 31.4. The summed E-state index contributed by atoms with van der Waals surface area (Å²) in [6, 6.07) is 11.3. The van der Waals surface area contributed by atoms with E-state index in [0.717, 1.165) is 30.2 Å². The van der Waals surface area contributed by atoms with Crippen LogP contribution in [0.3, 0.4) is 0 Å². The second-order valence-corrected chi connectivity index (χ2v) is 10.6. The highest BCUT2D eigenvalue weighted by Crippen LogP contribution is 2.30. The van der Waals surface area contributed by atoms with E-state index in [9.17, 15) is 18.0 Å². The normalized spacial score (nSPS) is 13.9. The van der Waals surface area contributed by atoms with Gasteiger partial charge in [0.05, 0.1) is 29.0 Å². The lowest BCUT2D eigenvalue weighted by Gasteiger charge is -2.17. The molecule has 1 saturated heterocycles. The van der Waals surface area contributed by atoms with Gasteiger partial charge in [-0.1, -0.05) is 12.1 Å². The molecule has 2 aromatic rings. The van der Waals surface area contributed by atoms with Crippen LogP contribution in [0.1, 0.15) is 23.2 Å². The largest absolute Gasteiger partial charge is 0.495 e. The van der Waals surface area contributed by atoms with Crippen molar-refractivity contribution in [3.63, 3.8) is 0 Å². The SMILES string of the molecule is COc1ccc(S(=O)(=O)N(C)C)cc1NC(=O)c1ccccc1SCC(=O)N1CCCC1. The monoisotopic (exact) mass is 477 g/mol. The van der Waals surface area contributed by atoms with Crippen molar-refractivity contribution in [2.45, 2.75) is 22.6 Å². The third-order valence-electron chi connectivity index (χ3n) is 5.14. The highest BCUT2D eigenvalue weighted by atomic mass is 32.2. The fourth-order valence-corrected chi connectivity index (χ4v) is 5.20. The molecule has 0 saturated carbocycles. The molecule has 3 rings (SSSR count). The topological polar surface area (TPSA) is 96.0 Å². The number of anilines is 1. The molecule has 0 bridgehead atoms. The Morgan fingerprint density at radius 2 is 1.81 bits per heavy atom. The molecule has 32 heavy (non-hydrogen) atoms. The summed E-state index contributed by atoms with van der Waals surface area (Å²) in [6.45, 7) is 1.57. The maximum atomic E-state index is 13.1. The minimum Gasteiger partial charge on any atom is -0.495 e. The van der Waals surface area contributed by atoms with Gasteiger partial charge in [0.25, 0.3) is 5.91 Å². The van der Waals surface area contributed by atoms with Crippen molar-refractivity contribution in [1.29, 1.82) is 0 Å². The Morgan fingerprint density at radius 1 is 1.12 bits per heavy atom. The first-order valence-corrected chi connectivity index (χ1v) is 12.6. The molecule has 10 heteroatoms. The Morgan fingerprint density at radius 3 is 2.47 bits per heavy atom. The molecule has 1 aliphatic heterocycles. The minimum atomic E-state index is -3.68. The van der Waals surface area contributed by atoms with Crippen LogP contribution in [0.4, 0.5) is 5.69 Å². The highest BCUT2D eigenvalue weighted by Gasteiger charge is 2.22. The zero-order chi connectivity index (χ0) is 23.3. The third-order valence-corrected chi connectivity index (χ3v) is 8.01. The van der Waals surface area contributed by atoms with E-state index in [-0.39, 0.29) is 22.2 Å². The Kier molecular flexibility index (Phi) is 7.81. The summed E-state index contributed by atoms with van der Waals surface area (Å²) in [7, 11) is 0.643. The van der Waals surface area contributed by atoms with Crippen molar-refractivity contribution >= 4 is 39.3 Å². The van der Waals surface area contributed by atoms with Crippen molar-refractivity contribution in [1.82, 2.24) is 9.21 Å². The van der Waals surface area contributed by atoms with Gasteiger partial charge in [-0.25, -0.2) is 12.7 Å². The number of carbonyl (C=O) groups is 2. The predicted octanol–water partition coefficient (Wildman–Crippen LogP) is 2.91. The van der Waals surface area contributed by atoms with Crippen LogP contribution in [-0.2, 0) is 14.8 Å². The number of benzene rings is 2. The van der Waals surface area contributed by atoms with Gasteiger partial charge in [-0.15, -0.1) is 11.8 Å². The maximum Gasteiger partial charge on any atom is 0.256 e. The van der Waals surface area contributed by atoms with Crippen molar-refractivity contribution < 1.29 is 22.7 Å². The van der Waals surface area contributed by atoms with E-state index >= 15 is 0 Å². The molecule has 2 amide bonds. The zero-order valence-electron chi connectivity index (χ0n) is 18.3. The third kappa shape index (κ3) is 5.43. The number of nitrogens with one attached hydrogen (secondary N) is 1. The van der Waals surface area contributed by atoms with Gasteiger partial charge in [0.1, 0.15) is 5.75 Å². The second-order valence-electron chi connectivity index (χ2n) is 7.48. The predicted molar refractivity (Wildman–Crippen MR) is 125 cm³/mol. The molecule has 0 aromatic heterocycles. The van der Waals surface area contributed by atoms with Gasteiger partial charge in [0.2, 0.25) is 15.9 Å². The zero-order valence-corrected chi connectivity index (χ0v) is 20.0. The van der Waals surface area contributed by atoms with Crippen LogP contribution in [0.25, 0.3) is 0 Å². The number of rotatable bonds is 8. The van der Waals surface area contributed by atoms with Gasteiger partial charge in [-0.2, -0.15) is 0 Å². The van der Waals surface area contributed by atoms with E-state index < -0.39 is 15.9 Å². The molecule has 8 nitrogen and oxygen atoms in total. The summed E-state index contributed by atoms with van der Waals surface area (Å²) in [6.07, 6.45) is 2.06. The van der Waals surface area contributed by atoms with E-state index in [1.54, 1.807) is 18.2 Å². The number of likely N-dealkylation sites (tertiary alicyclic amines) is 1. The fraction of sp³-hybridized carbons (Fsp3) is 0.364. The summed E-state index contributed by atoms with van der Waals surface area (Å²) in [5.41, 5.74) is 0.642. The summed E-state index contributed by atoms with van der Waals surface area (Å²) in [5, 5.41) is 2.76. The maximum absolute atomic E-state index is 13.1. The minimum absolute atomic E-state index is 0.0393. The number of hydrogen-bond acceptors (Lipinski definition) is 6. The van der Waals surface area contributed by atoms with E-state index in [0.29, 0.717) is 16.2 Å². The van der Waals surface area contributed by atoms with Crippen molar-refractivity contribution in [2.75, 3.05) is 45.4 Å². The number of carbonyl (C=O) groups excluding carboxylic acids is 2. The smallest absolute Gasteiger partial charge is 0.256 e. The Hall–Kier alpha value is -2.56. The highest BCUT2D eigenvalue weighted by molar-refractivity contribution is 8.00. The average molecular weight is 478 g/mol. The summed E-state index contributed by atoms with van der Waals surface area (Å²) in [5.74, 6) is 0.236. The molecular formula is C22H27N3O5S2. The van der Waals surface area contributed by atoms with E-state index in [1.807, 2.05) is 11.0 Å². The Bertz CT molecular complexity index is 1100. The van der Waals surface area contributed by atoms with Crippen molar-refractivity contribution in [3.8, 4) is 5.75 Å². The van der Waals surface area contributed by atoms with Crippen LogP contribution in [-0.4, -0.2) is 69.5 Å². The van der Waals surface area contributed by atoms with Crippen LogP contribution in [0.5, 0.6) is 5.75 Å². The standard InChI is InChI=1S/C22H27N3O5S2/c1-24(2)32(28,29)16-10-11-19(30-3)18(14-16)23-22(27)17-8-4-5-9-20(17)31-15-21(26)25-12-6-7-13-25/h4-5,8-11,14H,6-7,12-13,15H2,1-3H3,(H,23,27). The molecule has 1 aliphatic rings. The number of ether oxygens (including phenoxy) is 1. The average Bonchev–Trinajstić information content (AvgIpc) is 3.32. The van der Waals surface area contributed by atoms with Crippen molar-refractivity contribution in [3.05, 3.63) is 48.0 Å². The van der Waals surface area contributed by atoms with Crippen LogP contribution in [0, 0.1) is 0 Å². The van der Waals surface area contributed by atoms with Gasteiger partial charge in [-0.3, -0.25) is 9.59 Å². The van der Waals surface area contributed by atoms with Gasteiger partial charge in [-0.05, 0) is 43.2 Å². The van der Waals surface area contributed by atoms with Crippen LogP contribution in [0.15, 0.2) is 52.3 Å². The quantitative estimate of drug-likeness (QED) is 0.588.